The van der Waals surface area contributed by atoms with Crippen LogP contribution in [0.15, 0.2) is 109 Å². The van der Waals surface area contributed by atoms with E-state index in [-0.39, 0.29) is 23.0 Å². The Labute approximate surface area is 258 Å². The molecule has 220 valence electrons. The van der Waals surface area contributed by atoms with E-state index in [0.29, 0.717) is 42.3 Å². The summed E-state index contributed by atoms with van der Waals surface area (Å²) in [6.07, 6.45) is 0.875. The second-order valence-electron chi connectivity index (χ2n) is 10.4. The number of hydrogen-bond acceptors (Lipinski definition) is 5. The van der Waals surface area contributed by atoms with Crippen LogP contribution in [0.3, 0.4) is 0 Å². The van der Waals surface area contributed by atoms with Crippen LogP contribution in [0, 0.1) is 0 Å². The third kappa shape index (κ3) is 7.66. The number of nitrogens with one attached hydrogen (secondary N) is 2. The fraction of sp³-hybridized carbons (Fsp3) is 0.229. The normalized spacial score (nSPS) is 13.4. The maximum absolute atomic E-state index is 13.7. The molecule has 43 heavy (non-hydrogen) atoms. The highest BCUT2D eigenvalue weighted by atomic mass is 32.1. The van der Waals surface area contributed by atoms with Crippen LogP contribution in [0.2, 0.25) is 0 Å². The molecule has 0 saturated carbocycles. The molecule has 4 aromatic rings. The Kier molecular flexibility index (Phi) is 10.2. The molecule has 0 aromatic heterocycles. The molecule has 0 radical (unpaired) electrons. The molecule has 1 heterocycles. The van der Waals surface area contributed by atoms with Crippen molar-refractivity contribution in [3.63, 3.8) is 0 Å². The Bertz CT molecular complexity index is 1500. The van der Waals surface area contributed by atoms with Crippen molar-refractivity contribution in [2.24, 2.45) is 0 Å². The van der Waals surface area contributed by atoms with Crippen LogP contribution < -0.4 is 15.4 Å². The molecule has 4 aromatic carbocycles. The van der Waals surface area contributed by atoms with Gasteiger partial charge in [-0.15, -0.1) is 0 Å². The second-order valence-corrected chi connectivity index (χ2v) is 10.8. The van der Waals surface area contributed by atoms with Gasteiger partial charge >= 0.3 is 0 Å². The van der Waals surface area contributed by atoms with Crippen LogP contribution in [0.5, 0.6) is 5.75 Å². The number of hydrogen-bond donors (Lipinski definition) is 2. The molecule has 0 atom stereocenters. The molecular formula is C35H36N4O3S. The predicted molar refractivity (Wildman–Crippen MR) is 175 cm³/mol. The monoisotopic (exact) mass is 592 g/mol. The van der Waals surface area contributed by atoms with Crippen molar-refractivity contribution < 1.29 is 14.3 Å². The van der Waals surface area contributed by atoms with Crippen molar-refractivity contribution in [3.05, 3.63) is 131 Å². The minimum Gasteiger partial charge on any atom is -0.494 e. The summed E-state index contributed by atoms with van der Waals surface area (Å²) in [5.41, 5.74) is 3.96. The van der Waals surface area contributed by atoms with E-state index in [2.05, 4.69) is 64.1 Å². The van der Waals surface area contributed by atoms with Crippen LogP contribution >= 0.6 is 12.2 Å². The number of anilines is 1. The van der Waals surface area contributed by atoms with Gasteiger partial charge in [0.1, 0.15) is 5.75 Å². The second kappa shape index (κ2) is 14.6. The highest BCUT2D eigenvalue weighted by Gasteiger charge is 2.29. The highest BCUT2D eigenvalue weighted by molar-refractivity contribution is 7.80. The van der Waals surface area contributed by atoms with Gasteiger partial charge in [-0.05, 0) is 60.1 Å². The minimum absolute atomic E-state index is 0.0753. The smallest absolute Gasteiger partial charge is 0.257 e. The van der Waals surface area contributed by atoms with Gasteiger partial charge in [0.05, 0.1) is 23.9 Å². The summed E-state index contributed by atoms with van der Waals surface area (Å²) in [5.74, 6) is 0.197. The van der Waals surface area contributed by atoms with E-state index in [0.717, 1.165) is 19.5 Å². The van der Waals surface area contributed by atoms with Crippen LogP contribution in [0.4, 0.5) is 5.69 Å². The lowest BCUT2D eigenvalue weighted by molar-refractivity contribution is 0.0598. The lowest BCUT2D eigenvalue weighted by Gasteiger charge is -2.40. The predicted octanol–water partition coefficient (Wildman–Crippen LogP) is 6.15. The zero-order chi connectivity index (χ0) is 30.0. The first kappa shape index (κ1) is 29.9. The molecule has 1 saturated heterocycles. The van der Waals surface area contributed by atoms with Gasteiger partial charge in [-0.2, -0.15) is 0 Å². The first-order chi connectivity index (χ1) is 21.0. The van der Waals surface area contributed by atoms with E-state index in [1.54, 1.807) is 30.3 Å². The largest absolute Gasteiger partial charge is 0.494 e. The van der Waals surface area contributed by atoms with E-state index >= 15 is 0 Å². The molecule has 7 nitrogen and oxygen atoms in total. The van der Waals surface area contributed by atoms with Crippen LogP contribution in [0.1, 0.15) is 51.2 Å². The molecule has 1 aliphatic heterocycles. The van der Waals surface area contributed by atoms with Crippen molar-refractivity contribution in [2.75, 3.05) is 38.1 Å². The van der Waals surface area contributed by atoms with E-state index in [4.69, 9.17) is 17.0 Å². The van der Waals surface area contributed by atoms with Gasteiger partial charge in [0, 0.05) is 31.7 Å². The van der Waals surface area contributed by atoms with E-state index < -0.39 is 0 Å². The SMILES string of the molecule is CCCOc1cccc(C(=O)NC(=S)Nc2ccccc2C(=O)N2CCN(C(c3ccccc3)c3ccccc3)CC2)c1. The number of amides is 2. The number of carbonyl (C=O) groups excluding carboxylic acids is 2. The summed E-state index contributed by atoms with van der Waals surface area (Å²) in [7, 11) is 0. The summed E-state index contributed by atoms with van der Waals surface area (Å²) in [5, 5.41) is 5.89. The number of piperazine rings is 1. The van der Waals surface area contributed by atoms with Gasteiger partial charge in [0.25, 0.3) is 11.8 Å². The van der Waals surface area contributed by atoms with E-state index in [9.17, 15) is 9.59 Å². The van der Waals surface area contributed by atoms with Gasteiger partial charge in [-0.3, -0.25) is 19.8 Å². The Morgan fingerprint density at radius 2 is 1.44 bits per heavy atom. The maximum Gasteiger partial charge on any atom is 0.257 e. The van der Waals surface area contributed by atoms with Crippen molar-refractivity contribution in [1.82, 2.24) is 15.1 Å². The third-order valence-electron chi connectivity index (χ3n) is 7.40. The highest BCUT2D eigenvalue weighted by Crippen LogP contribution is 2.30. The third-order valence-corrected chi connectivity index (χ3v) is 7.60. The standard InChI is InChI=1S/C35H36N4O3S/c1-2-24-42-29-17-11-16-28(25-29)33(40)37-35(43)36-31-19-10-9-18-30(31)34(41)39-22-20-38(21-23-39)32(26-12-5-3-6-13-26)27-14-7-4-8-15-27/h3-19,25,32H,2,20-24H2,1H3,(H2,36,37,40,43). The number of para-hydroxylation sites is 1. The number of benzene rings is 4. The number of thiocarbonyl (C=S) groups is 1. The molecule has 0 spiro atoms. The lowest BCUT2D eigenvalue weighted by atomic mass is 9.96. The number of ether oxygens (including phenoxy) is 1. The van der Waals surface area contributed by atoms with Crippen molar-refractivity contribution >= 4 is 34.8 Å². The molecule has 0 unspecified atom stereocenters. The van der Waals surface area contributed by atoms with Crippen LogP contribution in [-0.4, -0.2) is 59.5 Å². The van der Waals surface area contributed by atoms with Crippen molar-refractivity contribution in [1.29, 1.82) is 0 Å². The molecule has 2 N–H and O–H groups in total. The Morgan fingerprint density at radius 3 is 2.09 bits per heavy atom. The zero-order valence-corrected chi connectivity index (χ0v) is 25.1. The maximum atomic E-state index is 13.7. The van der Waals surface area contributed by atoms with Gasteiger partial charge in [-0.25, -0.2) is 0 Å². The summed E-state index contributed by atoms with van der Waals surface area (Å²) in [4.78, 5) is 30.9. The Hall–Kier alpha value is -4.53. The summed E-state index contributed by atoms with van der Waals surface area (Å²) in [6, 6.07) is 35.3. The molecule has 0 aliphatic carbocycles. The zero-order valence-electron chi connectivity index (χ0n) is 24.2. The molecule has 1 fully saturated rings. The minimum atomic E-state index is -0.356. The fourth-order valence-corrected chi connectivity index (χ4v) is 5.50. The average Bonchev–Trinajstić information content (AvgIpc) is 3.05. The topological polar surface area (TPSA) is 73.9 Å². The lowest BCUT2D eigenvalue weighted by Crippen LogP contribution is -2.50. The van der Waals surface area contributed by atoms with Crippen molar-refractivity contribution in [3.8, 4) is 5.75 Å². The summed E-state index contributed by atoms with van der Waals surface area (Å²) in [6.45, 7) is 5.28. The van der Waals surface area contributed by atoms with Gasteiger partial charge in [0.2, 0.25) is 0 Å². The number of rotatable bonds is 9. The molecule has 5 rings (SSSR count). The van der Waals surface area contributed by atoms with Gasteiger partial charge in [0.15, 0.2) is 5.11 Å². The Morgan fingerprint density at radius 1 is 0.814 bits per heavy atom. The summed E-state index contributed by atoms with van der Waals surface area (Å²) >= 11 is 5.45. The fourth-order valence-electron chi connectivity index (χ4n) is 5.29. The molecular weight excluding hydrogens is 556 g/mol. The number of nitrogens with zero attached hydrogens (tertiary/aromatic N) is 2. The molecule has 0 bridgehead atoms. The van der Waals surface area contributed by atoms with Crippen molar-refractivity contribution in [2.45, 2.75) is 19.4 Å². The van der Waals surface area contributed by atoms with Gasteiger partial charge < -0.3 is 15.0 Å². The summed E-state index contributed by atoms with van der Waals surface area (Å²) < 4.78 is 5.64. The van der Waals surface area contributed by atoms with E-state index in [1.165, 1.54) is 11.1 Å². The molecule has 2 amide bonds. The first-order valence-corrected chi connectivity index (χ1v) is 15.0. The van der Waals surface area contributed by atoms with Crippen LogP contribution in [-0.2, 0) is 0 Å². The van der Waals surface area contributed by atoms with Gasteiger partial charge in [-0.1, -0.05) is 85.8 Å². The molecule has 1 aliphatic rings. The quantitative estimate of drug-likeness (QED) is 0.227. The average molecular weight is 593 g/mol. The Balaban J connectivity index is 1.23. The molecule has 8 heteroatoms. The van der Waals surface area contributed by atoms with E-state index in [1.807, 2.05) is 42.2 Å². The van der Waals surface area contributed by atoms with Crippen LogP contribution in [0.25, 0.3) is 0 Å². The number of carbonyl (C=O) groups is 2. The first-order valence-electron chi connectivity index (χ1n) is 14.6.